The minimum atomic E-state index is -0.322. The third-order valence-electron chi connectivity index (χ3n) is 4.68. The van der Waals surface area contributed by atoms with Crippen LogP contribution in [0.5, 0.6) is 5.75 Å². The summed E-state index contributed by atoms with van der Waals surface area (Å²) in [5.74, 6) is 0.669. The Labute approximate surface area is 168 Å². The van der Waals surface area contributed by atoms with Gasteiger partial charge in [-0.1, -0.05) is 42.5 Å². The highest BCUT2D eigenvalue weighted by atomic mass is 16.5. The molecule has 3 aromatic rings. The van der Waals surface area contributed by atoms with Crippen LogP contribution in [-0.2, 0) is 0 Å². The number of anilines is 2. The van der Waals surface area contributed by atoms with Crippen LogP contribution in [0.2, 0.25) is 0 Å². The Morgan fingerprint density at radius 2 is 1.66 bits per heavy atom. The quantitative estimate of drug-likeness (QED) is 0.671. The minimum absolute atomic E-state index is 0.286. The Hall–Kier alpha value is -4.11. The molecule has 0 aromatic heterocycles. The normalized spacial score (nSPS) is 13.7. The lowest BCUT2D eigenvalue weighted by atomic mass is 10.1. The van der Waals surface area contributed by atoms with Gasteiger partial charge in [0, 0.05) is 11.3 Å². The number of nitriles is 1. The number of ether oxygens (including phenoxy) is 1. The molecule has 0 radical (unpaired) electrons. The maximum Gasteiger partial charge on any atom is 0.350 e. The van der Waals surface area contributed by atoms with Gasteiger partial charge in [-0.2, -0.15) is 15.4 Å². The van der Waals surface area contributed by atoms with Crippen molar-refractivity contribution in [1.29, 1.82) is 5.26 Å². The van der Waals surface area contributed by atoms with Gasteiger partial charge in [-0.3, -0.25) is 4.90 Å². The van der Waals surface area contributed by atoms with Gasteiger partial charge in [-0.25, -0.2) is 4.79 Å². The number of benzene rings is 3. The van der Waals surface area contributed by atoms with Crippen LogP contribution in [0.3, 0.4) is 0 Å². The van der Waals surface area contributed by atoms with E-state index in [1.54, 1.807) is 36.3 Å². The van der Waals surface area contributed by atoms with Crippen LogP contribution in [0.25, 0.3) is 0 Å². The molecule has 0 saturated carbocycles. The van der Waals surface area contributed by atoms with Crippen LogP contribution in [0, 0.1) is 11.3 Å². The van der Waals surface area contributed by atoms with Crippen molar-refractivity contribution in [3.8, 4) is 11.8 Å². The van der Waals surface area contributed by atoms with Crippen molar-refractivity contribution in [3.05, 3.63) is 90.0 Å². The van der Waals surface area contributed by atoms with Gasteiger partial charge in [-0.05, 0) is 36.4 Å². The first kappa shape index (κ1) is 18.3. The van der Waals surface area contributed by atoms with Crippen LogP contribution in [0.1, 0.15) is 11.1 Å². The smallest absolute Gasteiger partial charge is 0.350 e. The molecule has 29 heavy (non-hydrogen) atoms. The molecule has 2 amide bonds. The summed E-state index contributed by atoms with van der Waals surface area (Å²) in [6.07, 6.45) is 0. The fourth-order valence-electron chi connectivity index (χ4n) is 3.27. The Bertz CT molecular complexity index is 1120. The van der Waals surface area contributed by atoms with Gasteiger partial charge in [0.15, 0.2) is 0 Å². The molecule has 142 valence electrons. The number of carbonyl (C=O) groups excluding carboxylic acids is 1. The lowest BCUT2D eigenvalue weighted by molar-refractivity contribution is 0.251. The summed E-state index contributed by atoms with van der Waals surface area (Å²) < 4.78 is 5.50. The van der Waals surface area contributed by atoms with Crippen LogP contribution < -0.4 is 14.6 Å². The summed E-state index contributed by atoms with van der Waals surface area (Å²) in [4.78, 5) is 15.0. The number of hydrazone groups is 1. The Morgan fingerprint density at radius 1 is 0.966 bits per heavy atom. The second-order valence-corrected chi connectivity index (χ2v) is 6.39. The summed E-state index contributed by atoms with van der Waals surface area (Å²) >= 11 is 0. The summed E-state index contributed by atoms with van der Waals surface area (Å²) in [5, 5.41) is 15.4. The van der Waals surface area contributed by atoms with Gasteiger partial charge >= 0.3 is 6.03 Å². The third kappa shape index (κ3) is 3.42. The first-order valence-electron chi connectivity index (χ1n) is 9.09. The van der Waals surface area contributed by atoms with E-state index in [9.17, 15) is 10.1 Å². The first-order valence-corrected chi connectivity index (χ1v) is 9.09. The van der Waals surface area contributed by atoms with E-state index in [2.05, 4.69) is 11.2 Å². The van der Waals surface area contributed by atoms with Crippen molar-refractivity contribution in [2.45, 2.75) is 0 Å². The number of para-hydroxylation sites is 3. The second-order valence-electron chi connectivity index (χ2n) is 6.39. The van der Waals surface area contributed by atoms with Gasteiger partial charge in [0.1, 0.15) is 11.8 Å². The number of methoxy groups -OCH3 is 1. The van der Waals surface area contributed by atoms with Gasteiger partial charge < -0.3 is 4.74 Å². The number of carbonyl (C=O) groups is 1. The van der Waals surface area contributed by atoms with Crippen molar-refractivity contribution in [1.82, 2.24) is 0 Å². The monoisotopic (exact) mass is 382 g/mol. The van der Waals surface area contributed by atoms with E-state index in [-0.39, 0.29) is 12.6 Å². The number of nitrogens with zero attached hydrogens (tertiary/aromatic N) is 4. The van der Waals surface area contributed by atoms with E-state index < -0.39 is 0 Å². The standard InChI is InChI=1S/C23H18N4O2/c1-29-22-14-8-6-12-19(22)20-16-26(18-10-3-2-4-11-18)23(28)27(25-20)21-13-7-5-9-17(21)15-24/h2-14H,16H2,1H3. The summed E-state index contributed by atoms with van der Waals surface area (Å²) in [7, 11) is 1.60. The van der Waals surface area contributed by atoms with Gasteiger partial charge in [0.2, 0.25) is 0 Å². The van der Waals surface area contributed by atoms with E-state index in [1.165, 1.54) is 5.01 Å². The zero-order chi connectivity index (χ0) is 20.2. The number of amides is 2. The molecule has 1 heterocycles. The van der Waals surface area contributed by atoms with Gasteiger partial charge in [0.05, 0.1) is 30.6 Å². The van der Waals surface area contributed by atoms with Crippen LogP contribution in [0.4, 0.5) is 16.2 Å². The Kier molecular flexibility index (Phi) is 4.95. The molecule has 0 aliphatic carbocycles. The van der Waals surface area contributed by atoms with Crippen molar-refractivity contribution in [2.24, 2.45) is 5.10 Å². The molecule has 0 N–H and O–H groups in total. The summed E-state index contributed by atoms with van der Waals surface area (Å²) in [5.41, 5.74) is 3.02. The average molecular weight is 382 g/mol. The van der Waals surface area contributed by atoms with Gasteiger partial charge in [-0.15, -0.1) is 0 Å². The fraction of sp³-hybridized carbons (Fsp3) is 0.0870. The van der Waals surface area contributed by atoms with Crippen molar-refractivity contribution < 1.29 is 9.53 Å². The predicted molar refractivity (Wildman–Crippen MR) is 112 cm³/mol. The molecule has 0 bridgehead atoms. The highest BCUT2D eigenvalue weighted by Crippen LogP contribution is 2.29. The molecule has 1 aliphatic rings. The summed E-state index contributed by atoms with van der Waals surface area (Å²) in [6, 6.07) is 25.7. The van der Waals surface area contributed by atoms with Crippen molar-refractivity contribution in [3.63, 3.8) is 0 Å². The second kappa shape index (κ2) is 7.87. The zero-order valence-corrected chi connectivity index (χ0v) is 15.8. The molecule has 0 fully saturated rings. The first-order chi connectivity index (χ1) is 14.2. The molecule has 6 nitrogen and oxygen atoms in total. The zero-order valence-electron chi connectivity index (χ0n) is 15.8. The Morgan fingerprint density at radius 3 is 2.41 bits per heavy atom. The Balaban J connectivity index is 1.88. The van der Waals surface area contributed by atoms with E-state index in [4.69, 9.17) is 4.74 Å². The van der Waals surface area contributed by atoms with Crippen LogP contribution in [-0.4, -0.2) is 25.4 Å². The van der Waals surface area contributed by atoms with Crippen molar-refractivity contribution in [2.75, 3.05) is 23.6 Å². The molecular weight excluding hydrogens is 364 g/mol. The maximum absolute atomic E-state index is 13.3. The molecule has 4 rings (SSSR count). The van der Waals surface area contributed by atoms with Crippen molar-refractivity contribution >= 4 is 23.1 Å². The minimum Gasteiger partial charge on any atom is -0.496 e. The third-order valence-corrected chi connectivity index (χ3v) is 4.68. The maximum atomic E-state index is 13.3. The molecule has 1 aliphatic heterocycles. The van der Waals surface area contributed by atoms with E-state index in [1.807, 2.05) is 54.6 Å². The van der Waals surface area contributed by atoms with E-state index in [0.29, 0.717) is 22.7 Å². The van der Waals surface area contributed by atoms with E-state index in [0.717, 1.165) is 11.3 Å². The molecule has 3 aromatic carbocycles. The van der Waals surface area contributed by atoms with E-state index >= 15 is 0 Å². The molecule has 0 atom stereocenters. The molecule has 0 spiro atoms. The number of hydrogen-bond donors (Lipinski definition) is 0. The van der Waals surface area contributed by atoms with Crippen LogP contribution in [0.15, 0.2) is 84.0 Å². The number of rotatable bonds is 4. The fourth-order valence-corrected chi connectivity index (χ4v) is 3.27. The summed E-state index contributed by atoms with van der Waals surface area (Å²) in [6.45, 7) is 0.286. The SMILES string of the molecule is COc1ccccc1C1=NN(c2ccccc2C#N)C(=O)N(c2ccccc2)C1. The highest BCUT2D eigenvalue weighted by molar-refractivity contribution is 6.17. The molecular formula is C23H18N4O2. The average Bonchev–Trinajstić information content (AvgIpc) is 2.80. The lowest BCUT2D eigenvalue weighted by Crippen LogP contribution is -2.49. The largest absolute Gasteiger partial charge is 0.496 e. The predicted octanol–water partition coefficient (Wildman–Crippen LogP) is 4.42. The molecule has 0 unspecified atom stereocenters. The molecule has 6 heteroatoms. The topological polar surface area (TPSA) is 68.9 Å². The highest BCUT2D eigenvalue weighted by Gasteiger charge is 2.32. The number of urea groups is 1. The van der Waals surface area contributed by atoms with Crippen LogP contribution >= 0.6 is 0 Å². The van der Waals surface area contributed by atoms with Gasteiger partial charge in [0.25, 0.3) is 0 Å². The lowest BCUT2D eigenvalue weighted by Gasteiger charge is -2.33. The number of hydrogen-bond acceptors (Lipinski definition) is 4. The molecule has 0 saturated heterocycles.